The fourth-order valence-corrected chi connectivity index (χ4v) is 2.57. The van der Waals surface area contributed by atoms with Gasteiger partial charge in [0.25, 0.3) is 0 Å². The molecule has 12 heavy (non-hydrogen) atoms. The molecule has 2 bridgehead atoms. The average molecular weight is 170 g/mol. The van der Waals surface area contributed by atoms with Gasteiger partial charge in [0.15, 0.2) is 0 Å². The highest BCUT2D eigenvalue weighted by Gasteiger charge is 2.48. The van der Waals surface area contributed by atoms with Gasteiger partial charge in [-0.25, -0.2) is 0 Å². The van der Waals surface area contributed by atoms with Crippen molar-refractivity contribution in [3.05, 3.63) is 0 Å². The summed E-state index contributed by atoms with van der Waals surface area (Å²) in [5.41, 5.74) is 0. The van der Waals surface area contributed by atoms with E-state index in [4.69, 9.17) is 4.74 Å². The van der Waals surface area contributed by atoms with Crippen LogP contribution in [-0.2, 0) is 9.53 Å². The fraction of sp³-hybridized carbons (Fsp3) is 0.889. The molecule has 2 aliphatic carbocycles. The first kappa shape index (κ1) is 8.05. The van der Waals surface area contributed by atoms with Crippen molar-refractivity contribution in [2.75, 3.05) is 0 Å². The maximum atomic E-state index is 10.7. The van der Waals surface area contributed by atoms with Crippen LogP contribution >= 0.6 is 0 Å². The van der Waals surface area contributed by atoms with Gasteiger partial charge in [0.2, 0.25) is 0 Å². The molecule has 4 atom stereocenters. The van der Waals surface area contributed by atoms with E-state index in [2.05, 4.69) is 0 Å². The first-order valence-electron chi connectivity index (χ1n) is 4.54. The van der Waals surface area contributed by atoms with Gasteiger partial charge in [-0.2, -0.15) is 0 Å². The topological polar surface area (TPSA) is 46.5 Å². The standard InChI is InChI=1S/C9H14O3/c1-5(10)12-9-7-3-2-6(4-7)8(9)11/h6-9,11H,2-4H2,1H3/t6-,7-,8+,9-/m1/s1. The van der Waals surface area contributed by atoms with Gasteiger partial charge < -0.3 is 9.84 Å². The summed E-state index contributed by atoms with van der Waals surface area (Å²) in [5, 5.41) is 9.65. The minimum atomic E-state index is -0.396. The summed E-state index contributed by atoms with van der Waals surface area (Å²) in [6.07, 6.45) is 2.65. The van der Waals surface area contributed by atoms with Crippen molar-refractivity contribution in [2.24, 2.45) is 11.8 Å². The third-order valence-electron chi connectivity index (χ3n) is 3.10. The molecule has 0 saturated heterocycles. The van der Waals surface area contributed by atoms with Gasteiger partial charge in [0.1, 0.15) is 6.10 Å². The Morgan fingerprint density at radius 1 is 1.42 bits per heavy atom. The van der Waals surface area contributed by atoms with Gasteiger partial charge in [0.05, 0.1) is 6.10 Å². The number of hydrogen-bond donors (Lipinski definition) is 1. The Morgan fingerprint density at radius 3 is 2.58 bits per heavy atom. The molecule has 0 spiro atoms. The quantitative estimate of drug-likeness (QED) is 0.589. The minimum Gasteiger partial charge on any atom is -0.459 e. The Labute approximate surface area is 71.7 Å². The maximum absolute atomic E-state index is 10.7. The predicted molar refractivity (Wildman–Crippen MR) is 42.4 cm³/mol. The van der Waals surface area contributed by atoms with Gasteiger partial charge in [-0.05, 0) is 31.1 Å². The van der Waals surface area contributed by atoms with Crippen LogP contribution in [0, 0.1) is 11.8 Å². The lowest BCUT2D eigenvalue weighted by Crippen LogP contribution is -2.35. The largest absolute Gasteiger partial charge is 0.459 e. The lowest BCUT2D eigenvalue weighted by molar-refractivity contribution is -0.155. The molecule has 0 radical (unpaired) electrons. The SMILES string of the molecule is CC(=O)O[C@@H]1[C@@H]2CC[C@H](C2)[C@@H]1O. The van der Waals surface area contributed by atoms with Crippen molar-refractivity contribution in [1.82, 2.24) is 0 Å². The summed E-state index contributed by atoms with van der Waals surface area (Å²) in [6.45, 7) is 1.40. The number of esters is 1. The monoisotopic (exact) mass is 170 g/mol. The van der Waals surface area contributed by atoms with Crippen LogP contribution in [0.15, 0.2) is 0 Å². The second kappa shape index (κ2) is 2.73. The van der Waals surface area contributed by atoms with E-state index >= 15 is 0 Å². The smallest absolute Gasteiger partial charge is 0.303 e. The summed E-state index contributed by atoms with van der Waals surface area (Å²) in [4.78, 5) is 10.7. The van der Waals surface area contributed by atoms with Crippen LogP contribution in [-0.4, -0.2) is 23.3 Å². The first-order valence-corrected chi connectivity index (χ1v) is 4.54. The second-order valence-corrected chi connectivity index (χ2v) is 3.90. The Kier molecular flexibility index (Phi) is 1.83. The molecule has 1 N–H and O–H groups in total. The summed E-state index contributed by atoms with van der Waals surface area (Å²) in [5.74, 6) is 0.542. The number of carbonyl (C=O) groups is 1. The molecule has 2 saturated carbocycles. The normalized spacial score (nSPS) is 44.8. The van der Waals surface area contributed by atoms with Gasteiger partial charge in [-0.3, -0.25) is 4.79 Å². The van der Waals surface area contributed by atoms with Crippen LogP contribution in [0.3, 0.4) is 0 Å². The van der Waals surface area contributed by atoms with E-state index in [1.165, 1.54) is 6.92 Å². The number of ether oxygens (including phenoxy) is 1. The summed E-state index contributed by atoms with van der Waals surface area (Å²) < 4.78 is 5.07. The second-order valence-electron chi connectivity index (χ2n) is 3.90. The minimum absolute atomic E-state index is 0.207. The summed E-state index contributed by atoms with van der Waals surface area (Å²) >= 11 is 0. The molecular weight excluding hydrogens is 156 g/mol. The van der Waals surface area contributed by atoms with Crippen LogP contribution in [0.2, 0.25) is 0 Å². The molecule has 0 amide bonds. The number of hydrogen-bond acceptors (Lipinski definition) is 3. The number of aliphatic hydroxyl groups excluding tert-OH is 1. The van der Waals surface area contributed by atoms with E-state index < -0.39 is 6.10 Å². The lowest BCUT2D eigenvalue weighted by Gasteiger charge is -2.26. The molecule has 0 unspecified atom stereocenters. The predicted octanol–water partition coefficient (Wildman–Crippen LogP) is 0.709. The van der Waals surface area contributed by atoms with Gasteiger partial charge in [-0.1, -0.05) is 0 Å². The molecule has 2 rings (SSSR count). The van der Waals surface area contributed by atoms with Crippen LogP contribution < -0.4 is 0 Å². The third-order valence-corrected chi connectivity index (χ3v) is 3.10. The molecule has 3 heteroatoms. The molecular formula is C9H14O3. The van der Waals surface area contributed by atoms with E-state index in [0.717, 1.165) is 19.3 Å². The lowest BCUT2D eigenvalue weighted by atomic mass is 9.95. The Bertz CT molecular complexity index is 200. The molecule has 0 aromatic rings. The van der Waals surface area contributed by atoms with E-state index in [1.54, 1.807) is 0 Å². The van der Waals surface area contributed by atoms with Crippen LogP contribution in [0.5, 0.6) is 0 Å². The van der Waals surface area contributed by atoms with Crippen molar-refractivity contribution >= 4 is 5.97 Å². The zero-order valence-electron chi connectivity index (χ0n) is 7.19. The number of carbonyl (C=O) groups excluding carboxylic acids is 1. The van der Waals surface area contributed by atoms with Crippen molar-refractivity contribution < 1.29 is 14.6 Å². The van der Waals surface area contributed by atoms with Gasteiger partial charge >= 0.3 is 5.97 Å². The van der Waals surface area contributed by atoms with E-state index in [9.17, 15) is 9.90 Å². The molecule has 0 aromatic heterocycles. The highest BCUT2D eigenvalue weighted by molar-refractivity contribution is 5.66. The molecule has 2 aliphatic rings. The highest BCUT2D eigenvalue weighted by atomic mass is 16.6. The zero-order chi connectivity index (χ0) is 8.72. The van der Waals surface area contributed by atoms with E-state index in [-0.39, 0.29) is 12.1 Å². The van der Waals surface area contributed by atoms with E-state index in [1.807, 2.05) is 0 Å². The molecule has 0 aromatic carbocycles. The summed E-state index contributed by atoms with van der Waals surface area (Å²) in [7, 11) is 0. The third kappa shape index (κ3) is 1.12. The number of rotatable bonds is 1. The Balaban J connectivity index is 2.02. The van der Waals surface area contributed by atoms with Gasteiger partial charge in [0, 0.05) is 6.92 Å². The average Bonchev–Trinajstić information content (AvgIpc) is 2.53. The Hall–Kier alpha value is -0.570. The van der Waals surface area contributed by atoms with Crippen molar-refractivity contribution in [3.63, 3.8) is 0 Å². The fourth-order valence-electron chi connectivity index (χ4n) is 2.57. The zero-order valence-corrected chi connectivity index (χ0v) is 7.19. The van der Waals surface area contributed by atoms with Crippen LogP contribution in [0.1, 0.15) is 26.2 Å². The van der Waals surface area contributed by atoms with E-state index in [0.29, 0.717) is 11.8 Å². The number of fused-ring (bicyclic) bond motifs is 2. The van der Waals surface area contributed by atoms with Crippen LogP contribution in [0.4, 0.5) is 0 Å². The molecule has 0 heterocycles. The maximum Gasteiger partial charge on any atom is 0.303 e. The molecule has 3 nitrogen and oxygen atoms in total. The molecule has 0 aliphatic heterocycles. The van der Waals surface area contributed by atoms with Crippen molar-refractivity contribution in [3.8, 4) is 0 Å². The van der Waals surface area contributed by atoms with Crippen LogP contribution in [0.25, 0.3) is 0 Å². The molecule has 68 valence electrons. The van der Waals surface area contributed by atoms with Crippen molar-refractivity contribution in [1.29, 1.82) is 0 Å². The van der Waals surface area contributed by atoms with Crippen molar-refractivity contribution in [2.45, 2.75) is 38.4 Å². The Morgan fingerprint density at radius 2 is 2.08 bits per heavy atom. The first-order chi connectivity index (χ1) is 5.68. The molecule has 2 fully saturated rings. The van der Waals surface area contributed by atoms with Gasteiger partial charge in [-0.15, -0.1) is 0 Å². The summed E-state index contributed by atoms with van der Waals surface area (Å²) in [6, 6.07) is 0. The highest BCUT2D eigenvalue weighted by Crippen LogP contribution is 2.45. The number of aliphatic hydroxyl groups is 1.